The molecule has 0 aliphatic rings. The van der Waals surface area contributed by atoms with Gasteiger partial charge in [-0.3, -0.25) is 4.79 Å². The molecule has 7 nitrogen and oxygen atoms in total. The molecule has 1 amide bonds. The van der Waals surface area contributed by atoms with Gasteiger partial charge in [-0.05, 0) is 51.0 Å². The number of rotatable bonds is 8. The lowest BCUT2D eigenvalue weighted by atomic mass is 10.1. The number of thioether (sulfide) groups is 1. The lowest BCUT2D eigenvalue weighted by Gasteiger charge is -2.15. The fraction of sp³-hybridized carbons (Fsp3) is 0.280. The van der Waals surface area contributed by atoms with Crippen molar-refractivity contribution in [2.24, 2.45) is 7.05 Å². The van der Waals surface area contributed by atoms with Crippen LogP contribution in [0, 0.1) is 20.8 Å². The molecule has 9 heteroatoms. The van der Waals surface area contributed by atoms with Crippen LogP contribution >= 0.6 is 23.1 Å². The number of nitrogens with zero attached hydrogens (tertiary/aromatic N) is 4. The lowest BCUT2D eigenvalue weighted by Crippen LogP contribution is -2.14. The molecule has 34 heavy (non-hydrogen) atoms. The van der Waals surface area contributed by atoms with Gasteiger partial charge in [-0.15, -0.1) is 21.5 Å². The number of nitrogens with one attached hydrogen (secondary N) is 1. The molecule has 1 atom stereocenters. The van der Waals surface area contributed by atoms with Gasteiger partial charge in [0.1, 0.15) is 5.75 Å². The van der Waals surface area contributed by atoms with E-state index in [4.69, 9.17) is 4.74 Å². The van der Waals surface area contributed by atoms with Gasteiger partial charge in [0, 0.05) is 18.0 Å². The van der Waals surface area contributed by atoms with Crippen LogP contribution in [0.15, 0.2) is 53.0 Å². The van der Waals surface area contributed by atoms with Crippen molar-refractivity contribution in [3.8, 4) is 17.0 Å². The van der Waals surface area contributed by atoms with Crippen molar-refractivity contribution in [2.45, 2.75) is 39.0 Å². The Bertz CT molecular complexity index is 1300. The fourth-order valence-corrected chi connectivity index (χ4v) is 4.78. The Kier molecular flexibility index (Phi) is 7.33. The molecule has 0 bridgehead atoms. The van der Waals surface area contributed by atoms with E-state index in [9.17, 15) is 4.79 Å². The van der Waals surface area contributed by atoms with Crippen LogP contribution in [0.5, 0.6) is 5.75 Å². The van der Waals surface area contributed by atoms with Crippen LogP contribution in [-0.2, 0) is 11.8 Å². The van der Waals surface area contributed by atoms with Gasteiger partial charge in [0.2, 0.25) is 5.91 Å². The SMILES string of the molecule is Cc1ccc(-c2csc(NC(=O)CSc3nnc(C(C)Oc4ccc(C)c(C)c4)n3C)n2)cc1. The van der Waals surface area contributed by atoms with Crippen LogP contribution < -0.4 is 10.1 Å². The van der Waals surface area contributed by atoms with Gasteiger partial charge in [-0.25, -0.2) is 4.98 Å². The summed E-state index contributed by atoms with van der Waals surface area (Å²) in [6.07, 6.45) is -0.279. The van der Waals surface area contributed by atoms with Crippen molar-refractivity contribution >= 4 is 34.1 Å². The summed E-state index contributed by atoms with van der Waals surface area (Å²) in [7, 11) is 1.88. The number of anilines is 1. The van der Waals surface area contributed by atoms with Crippen LogP contribution in [0.3, 0.4) is 0 Å². The number of hydrogen-bond donors (Lipinski definition) is 1. The molecule has 0 spiro atoms. The summed E-state index contributed by atoms with van der Waals surface area (Å²) in [4.78, 5) is 17.0. The maximum Gasteiger partial charge on any atom is 0.236 e. The summed E-state index contributed by atoms with van der Waals surface area (Å²) in [6.45, 7) is 8.12. The second kappa shape index (κ2) is 10.4. The minimum absolute atomic E-state index is 0.140. The highest BCUT2D eigenvalue weighted by atomic mass is 32.2. The van der Waals surface area contributed by atoms with E-state index in [1.165, 1.54) is 39.8 Å². The Morgan fingerprint density at radius 2 is 1.88 bits per heavy atom. The number of aromatic nitrogens is 4. The van der Waals surface area contributed by atoms with Gasteiger partial charge in [0.25, 0.3) is 0 Å². The molecule has 0 fully saturated rings. The van der Waals surface area contributed by atoms with Crippen molar-refractivity contribution in [3.63, 3.8) is 0 Å². The van der Waals surface area contributed by atoms with E-state index in [2.05, 4.69) is 34.3 Å². The van der Waals surface area contributed by atoms with Crippen LogP contribution in [0.1, 0.15) is 35.5 Å². The molecule has 1 N–H and O–H groups in total. The second-order valence-electron chi connectivity index (χ2n) is 8.15. The third-order valence-electron chi connectivity index (χ3n) is 5.45. The Hall–Kier alpha value is -3.17. The minimum atomic E-state index is -0.279. The zero-order chi connectivity index (χ0) is 24.2. The van der Waals surface area contributed by atoms with Crippen LogP contribution in [0.2, 0.25) is 0 Å². The second-order valence-corrected chi connectivity index (χ2v) is 9.95. The summed E-state index contributed by atoms with van der Waals surface area (Å²) in [6, 6.07) is 14.2. The first kappa shape index (κ1) is 24.0. The molecule has 4 aromatic rings. The standard InChI is InChI=1S/C25H27N5O2S2/c1-15-6-9-19(10-7-15)21-13-33-24(26-21)27-22(31)14-34-25-29-28-23(30(25)5)18(4)32-20-11-8-16(2)17(3)12-20/h6-13,18H,14H2,1-5H3,(H,26,27,31). The molecule has 2 heterocycles. The van der Waals surface area contributed by atoms with Gasteiger partial charge in [0.05, 0.1) is 11.4 Å². The van der Waals surface area contributed by atoms with Crippen LogP contribution in [-0.4, -0.2) is 31.4 Å². The molecule has 0 saturated heterocycles. The largest absolute Gasteiger partial charge is 0.483 e. The Morgan fingerprint density at radius 1 is 1.12 bits per heavy atom. The summed E-state index contributed by atoms with van der Waals surface area (Å²) in [5.41, 5.74) is 5.47. The molecule has 1 unspecified atom stereocenters. The number of aryl methyl sites for hydroxylation is 3. The molecule has 0 radical (unpaired) electrons. The first-order valence-electron chi connectivity index (χ1n) is 10.9. The first-order chi connectivity index (χ1) is 16.3. The molecule has 0 aliphatic carbocycles. The van der Waals surface area contributed by atoms with Crippen LogP contribution in [0.4, 0.5) is 5.13 Å². The average molecular weight is 494 g/mol. The Balaban J connectivity index is 1.33. The van der Waals surface area contributed by atoms with Gasteiger partial charge in [-0.1, -0.05) is 47.7 Å². The van der Waals surface area contributed by atoms with Gasteiger partial charge in [-0.2, -0.15) is 0 Å². The number of carbonyl (C=O) groups is 1. The number of thiazole rings is 1. The summed E-state index contributed by atoms with van der Waals surface area (Å²) in [5.74, 6) is 1.56. The highest BCUT2D eigenvalue weighted by Crippen LogP contribution is 2.27. The lowest BCUT2D eigenvalue weighted by molar-refractivity contribution is -0.113. The number of hydrogen-bond acceptors (Lipinski definition) is 7. The number of amides is 1. The fourth-order valence-electron chi connectivity index (χ4n) is 3.32. The average Bonchev–Trinajstić information content (AvgIpc) is 3.42. The Morgan fingerprint density at radius 3 is 2.62 bits per heavy atom. The van der Waals surface area contributed by atoms with E-state index < -0.39 is 0 Å². The molecule has 2 aromatic heterocycles. The maximum absolute atomic E-state index is 12.5. The first-order valence-corrected chi connectivity index (χ1v) is 12.7. The molecule has 2 aromatic carbocycles. The minimum Gasteiger partial charge on any atom is -0.483 e. The predicted molar refractivity (Wildman–Crippen MR) is 138 cm³/mol. The van der Waals surface area contributed by atoms with E-state index in [1.54, 1.807) is 0 Å². The number of carbonyl (C=O) groups excluding carboxylic acids is 1. The molecular weight excluding hydrogens is 466 g/mol. The molecular formula is C25H27N5O2S2. The van der Waals surface area contributed by atoms with E-state index >= 15 is 0 Å². The molecule has 0 saturated carbocycles. The van der Waals surface area contributed by atoms with E-state index in [0.29, 0.717) is 16.1 Å². The molecule has 4 rings (SSSR count). The smallest absolute Gasteiger partial charge is 0.236 e. The van der Waals surface area contributed by atoms with E-state index in [0.717, 1.165) is 17.0 Å². The normalized spacial score (nSPS) is 11.9. The third-order valence-corrected chi connectivity index (χ3v) is 7.23. The Labute approximate surface area is 207 Å². The molecule has 0 aliphatic heterocycles. The van der Waals surface area contributed by atoms with Gasteiger partial charge >= 0.3 is 0 Å². The van der Waals surface area contributed by atoms with Crippen molar-refractivity contribution in [1.29, 1.82) is 0 Å². The molecule has 176 valence electrons. The van der Waals surface area contributed by atoms with E-state index in [-0.39, 0.29) is 17.8 Å². The summed E-state index contributed by atoms with van der Waals surface area (Å²) < 4.78 is 7.93. The van der Waals surface area contributed by atoms with Crippen LogP contribution in [0.25, 0.3) is 11.3 Å². The van der Waals surface area contributed by atoms with Gasteiger partial charge in [0.15, 0.2) is 22.2 Å². The predicted octanol–water partition coefficient (Wildman–Crippen LogP) is 5.73. The quantitative estimate of drug-likeness (QED) is 0.316. The third kappa shape index (κ3) is 5.66. The topological polar surface area (TPSA) is 81.9 Å². The van der Waals surface area contributed by atoms with Gasteiger partial charge < -0.3 is 14.6 Å². The van der Waals surface area contributed by atoms with Crippen molar-refractivity contribution in [3.05, 3.63) is 70.4 Å². The number of benzene rings is 2. The zero-order valence-corrected chi connectivity index (χ0v) is 21.5. The highest BCUT2D eigenvalue weighted by molar-refractivity contribution is 7.99. The van der Waals surface area contributed by atoms with Crippen molar-refractivity contribution < 1.29 is 9.53 Å². The van der Waals surface area contributed by atoms with Crippen molar-refractivity contribution in [1.82, 2.24) is 19.7 Å². The van der Waals surface area contributed by atoms with Crippen molar-refractivity contribution in [2.75, 3.05) is 11.1 Å². The monoisotopic (exact) mass is 493 g/mol. The summed E-state index contributed by atoms with van der Waals surface area (Å²) in [5, 5.41) is 14.6. The summed E-state index contributed by atoms with van der Waals surface area (Å²) >= 11 is 2.74. The highest BCUT2D eigenvalue weighted by Gasteiger charge is 2.18. The zero-order valence-electron chi connectivity index (χ0n) is 19.8. The van der Waals surface area contributed by atoms with E-state index in [1.807, 2.05) is 73.3 Å². The number of ether oxygens (including phenoxy) is 1. The maximum atomic E-state index is 12.5.